The van der Waals surface area contributed by atoms with Gasteiger partial charge in [0.2, 0.25) is 0 Å². The van der Waals surface area contributed by atoms with Crippen molar-refractivity contribution in [1.82, 2.24) is 0 Å². The van der Waals surface area contributed by atoms with Crippen LogP contribution in [0.2, 0.25) is 0 Å². The van der Waals surface area contributed by atoms with Crippen LogP contribution in [0.5, 0.6) is 0 Å². The molecule has 2 N–H and O–H groups in total. The third kappa shape index (κ3) is 6.62. The molecule has 1 rings (SSSR count). The Kier molecular flexibility index (Phi) is 7.51. The molecular weight excluding hydrogens is 152 g/mol. The summed E-state index contributed by atoms with van der Waals surface area (Å²) in [7, 11) is 0. The lowest BCUT2D eigenvalue weighted by molar-refractivity contribution is 0.186. The fourth-order valence-electron chi connectivity index (χ4n) is 1.43. The average Bonchev–Trinajstić information content (AvgIpc) is 2.11. The van der Waals surface area contributed by atoms with Gasteiger partial charge in [-0.3, -0.25) is 0 Å². The van der Waals surface area contributed by atoms with Crippen LogP contribution in [-0.4, -0.2) is 23.4 Å². The van der Waals surface area contributed by atoms with Crippen molar-refractivity contribution in [3.05, 3.63) is 0 Å². The van der Waals surface area contributed by atoms with Crippen molar-refractivity contribution >= 4 is 0 Å². The van der Waals surface area contributed by atoms with Crippen molar-refractivity contribution in [1.29, 1.82) is 0 Å². The van der Waals surface area contributed by atoms with Crippen LogP contribution in [-0.2, 0) is 0 Å². The average molecular weight is 174 g/mol. The molecule has 0 heterocycles. The second kappa shape index (κ2) is 7.56. The van der Waals surface area contributed by atoms with Crippen LogP contribution in [0, 0.1) is 11.8 Å². The zero-order valence-corrected chi connectivity index (χ0v) is 8.29. The predicted molar refractivity (Wildman–Crippen MR) is 51.0 cm³/mol. The van der Waals surface area contributed by atoms with E-state index in [0.717, 1.165) is 11.8 Å². The van der Waals surface area contributed by atoms with Gasteiger partial charge in [-0.2, -0.15) is 0 Å². The highest BCUT2D eigenvalue weighted by Crippen LogP contribution is 2.27. The molecule has 0 aromatic heterocycles. The molecule has 0 spiro atoms. The van der Waals surface area contributed by atoms with Gasteiger partial charge in [-0.25, -0.2) is 0 Å². The molecule has 0 aromatic carbocycles. The second-order valence-electron chi connectivity index (χ2n) is 3.81. The molecule has 0 bridgehead atoms. The van der Waals surface area contributed by atoms with Gasteiger partial charge in [0, 0.05) is 0 Å². The summed E-state index contributed by atoms with van der Waals surface area (Å²) in [6.07, 6.45) is 5.89. The molecule has 0 aliphatic heterocycles. The quantitative estimate of drug-likeness (QED) is 0.636. The zero-order valence-electron chi connectivity index (χ0n) is 8.29. The van der Waals surface area contributed by atoms with E-state index in [1.807, 2.05) is 0 Å². The minimum atomic E-state index is -0.125. The highest BCUT2D eigenvalue weighted by Gasteiger charge is 2.13. The Morgan fingerprint density at radius 3 is 1.25 bits per heavy atom. The van der Waals surface area contributed by atoms with Gasteiger partial charge in [0.1, 0.15) is 0 Å². The molecule has 12 heavy (non-hydrogen) atoms. The first kappa shape index (κ1) is 11.9. The fraction of sp³-hybridized carbons (Fsp3) is 1.00. The van der Waals surface area contributed by atoms with E-state index < -0.39 is 0 Å². The summed E-state index contributed by atoms with van der Waals surface area (Å²) in [5, 5.41) is 15.2. The summed E-state index contributed by atoms with van der Waals surface area (Å²) in [5.41, 5.74) is 0. The Bertz CT molecular complexity index is 73.8. The van der Waals surface area contributed by atoms with Gasteiger partial charge >= 0.3 is 0 Å². The summed E-state index contributed by atoms with van der Waals surface area (Å²) in [6.45, 7) is 4.48. The molecule has 0 unspecified atom stereocenters. The standard InChI is InChI=1S/C8H16.C2H6O2/c1-7-3-5-8(2)6-4-7;3-1-2-4/h7-8H,3-6H2,1-2H3;3-4H,1-2H2. The first-order chi connectivity index (χ1) is 5.70. The van der Waals surface area contributed by atoms with E-state index in [1.54, 1.807) is 0 Å². The number of rotatable bonds is 1. The molecule has 1 saturated carbocycles. The first-order valence-corrected chi connectivity index (χ1v) is 4.92. The van der Waals surface area contributed by atoms with Crippen molar-refractivity contribution in [2.45, 2.75) is 39.5 Å². The summed E-state index contributed by atoms with van der Waals surface area (Å²) in [4.78, 5) is 0. The normalized spacial score (nSPS) is 29.0. The minimum Gasteiger partial charge on any atom is -0.394 e. The third-order valence-corrected chi connectivity index (χ3v) is 2.40. The smallest absolute Gasteiger partial charge is 0.0662 e. The molecule has 0 amide bonds. The van der Waals surface area contributed by atoms with Crippen molar-refractivity contribution in [3.63, 3.8) is 0 Å². The lowest BCUT2D eigenvalue weighted by Gasteiger charge is -2.22. The van der Waals surface area contributed by atoms with Gasteiger partial charge in [-0.15, -0.1) is 0 Å². The SMILES string of the molecule is CC1CCC(C)CC1.OCCO. The van der Waals surface area contributed by atoms with Gasteiger partial charge in [-0.05, 0) is 11.8 Å². The summed E-state index contributed by atoms with van der Waals surface area (Å²) < 4.78 is 0. The van der Waals surface area contributed by atoms with Crippen molar-refractivity contribution < 1.29 is 10.2 Å². The number of hydrogen-bond donors (Lipinski definition) is 2. The topological polar surface area (TPSA) is 40.5 Å². The van der Waals surface area contributed by atoms with Gasteiger partial charge in [0.15, 0.2) is 0 Å². The molecule has 1 fully saturated rings. The van der Waals surface area contributed by atoms with Gasteiger partial charge in [0.25, 0.3) is 0 Å². The third-order valence-electron chi connectivity index (χ3n) is 2.40. The minimum absolute atomic E-state index is 0.125. The van der Waals surface area contributed by atoms with E-state index in [-0.39, 0.29) is 13.2 Å². The molecule has 0 atom stereocenters. The highest BCUT2D eigenvalue weighted by molar-refractivity contribution is 4.65. The van der Waals surface area contributed by atoms with E-state index in [2.05, 4.69) is 13.8 Å². The predicted octanol–water partition coefficient (Wildman–Crippen LogP) is 1.80. The summed E-state index contributed by atoms with van der Waals surface area (Å²) >= 11 is 0. The van der Waals surface area contributed by atoms with Crippen LogP contribution in [0.15, 0.2) is 0 Å². The lowest BCUT2D eigenvalue weighted by Crippen LogP contribution is -2.08. The van der Waals surface area contributed by atoms with Crippen molar-refractivity contribution in [2.75, 3.05) is 13.2 Å². The highest BCUT2D eigenvalue weighted by atomic mass is 16.3. The van der Waals surface area contributed by atoms with Crippen LogP contribution in [0.1, 0.15) is 39.5 Å². The monoisotopic (exact) mass is 174 g/mol. The molecule has 74 valence electrons. The van der Waals surface area contributed by atoms with Gasteiger partial charge < -0.3 is 10.2 Å². The van der Waals surface area contributed by atoms with E-state index >= 15 is 0 Å². The van der Waals surface area contributed by atoms with Gasteiger partial charge in [0.05, 0.1) is 13.2 Å². The van der Waals surface area contributed by atoms with E-state index in [0.29, 0.717) is 0 Å². The van der Waals surface area contributed by atoms with Crippen LogP contribution in [0.3, 0.4) is 0 Å². The maximum absolute atomic E-state index is 7.62. The zero-order chi connectivity index (χ0) is 9.40. The molecule has 1 aliphatic carbocycles. The Morgan fingerprint density at radius 2 is 1.08 bits per heavy atom. The van der Waals surface area contributed by atoms with Gasteiger partial charge in [-0.1, -0.05) is 39.5 Å². The van der Waals surface area contributed by atoms with E-state index in [1.165, 1.54) is 25.7 Å². The molecular formula is C10H22O2. The fourth-order valence-corrected chi connectivity index (χ4v) is 1.43. The summed E-state index contributed by atoms with van der Waals surface area (Å²) in [5.74, 6) is 2.04. The Balaban J connectivity index is 0.000000261. The van der Waals surface area contributed by atoms with Crippen molar-refractivity contribution in [2.24, 2.45) is 11.8 Å². The number of hydrogen-bond acceptors (Lipinski definition) is 2. The number of aliphatic hydroxyl groups is 2. The largest absolute Gasteiger partial charge is 0.394 e. The van der Waals surface area contributed by atoms with Crippen LogP contribution in [0.4, 0.5) is 0 Å². The number of aliphatic hydroxyl groups excluding tert-OH is 2. The van der Waals surface area contributed by atoms with Crippen LogP contribution >= 0.6 is 0 Å². The first-order valence-electron chi connectivity index (χ1n) is 4.92. The molecule has 0 radical (unpaired) electrons. The summed E-state index contributed by atoms with van der Waals surface area (Å²) in [6, 6.07) is 0. The Hall–Kier alpha value is -0.0800. The molecule has 2 heteroatoms. The Morgan fingerprint density at radius 1 is 0.833 bits per heavy atom. The lowest BCUT2D eigenvalue weighted by atomic mass is 9.84. The second-order valence-corrected chi connectivity index (χ2v) is 3.81. The molecule has 1 aliphatic rings. The Labute approximate surface area is 75.6 Å². The molecule has 2 nitrogen and oxygen atoms in total. The van der Waals surface area contributed by atoms with Crippen molar-refractivity contribution in [3.8, 4) is 0 Å². The van der Waals surface area contributed by atoms with E-state index in [9.17, 15) is 0 Å². The van der Waals surface area contributed by atoms with Crippen LogP contribution in [0.25, 0.3) is 0 Å². The van der Waals surface area contributed by atoms with Crippen LogP contribution < -0.4 is 0 Å². The maximum Gasteiger partial charge on any atom is 0.0662 e. The molecule has 0 saturated heterocycles. The van der Waals surface area contributed by atoms with E-state index in [4.69, 9.17) is 10.2 Å². The molecule has 0 aromatic rings. The maximum atomic E-state index is 7.62.